The van der Waals surface area contributed by atoms with E-state index >= 15 is 0 Å². The first-order valence-electron chi connectivity index (χ1n) is 9.21. The summed E-state index contributed by atoms with van der Waals surface area (Å²) < 4.78 is 5.46. The summed E-state index contributed by atoms with van der Waals surface area (Å²) in [6.45, 7) is 4.44. The van der Waals surface area contributed by atoms with Gasteiger partial charge in [-0.15, -0.1) is 0 Å². The first kappa shape index (κ1) is 19.6. The number of nitrogens with zero attached hydrogens (tertiary/aromatic N) is 3. The molecule has 27 heavy (non-hydrogen) atoms. The fraction of sp³-hybridized carbons (Fsp3) is 0.450. The molecule has 1 aromatic carbocycles. The lowest BCUT2D eigenvalue weighted by Gasteiger charge is -2.41. The standard InChI is InChI=1S/C20H25ClN4O2/c1-2-27-18(26)20(10-15-5-3-6-17(21)9-15)7-4-8-25(14-20)13-16-11-23-19(22)24-12-16/h3,5-6,9,11-12H,2,4,7-8,10,13-14H2,1H3,(H2,22,23,24)/t20-/m1/s1. The number of nitrogens with two attached hydrogens (primary N) is 1. The van der Waals surface area contributed by atoms with Gasteiger partial charge in [0.15, 0.2) is 0 Å². The third-order valence-corrected chi connectivity index (χ3v) is 5.16. The Morgan fingerprint density at radius 2 is 2.11 bits per heavy atom. The first-order valence-corrected chi connectivity index (χ1v) is 9.59. The summed E-state index contributed by atoms with van der Waals surface area (Å²) in [5, 5.41) is 0.679. The summed E-state index contributed by atoms with van der Waals surface area (Å²) in [4.78, 5) is 23.3. The molecule has 0 unspecified atom stereocenters. The van der Waals surface area contributed by atoms with E-state index in [9.17, 15) is 4.79 Å². The molecule has 0 amide bonds. The molecule has 0 aliphatic carbocycles. The van der Waals surface area contributed by atoms with Gasteiger partial charge < -0.3 is 10.5 Å². The number of esters is 1. The van der Waals surface area contributed by atoms with Crippen LogP contribution in [0.4, 0.5) is 5.95 Å². The Balaban J connectivity index is 1.80. The van der Waals surface area contributed by atoms with Crippen molar-refractivity contribution in [3.8, 4) is 0 Å². The molecule has 0 saturated carbocycles. The fourth-order valence-electron chi connectivity index (χ4n) is 3.77. The molecule has 3 rings (SSSR count). The molecule has 1 fully saturated rings. The fourth-order valence-corrected chi connectivity index (χ4v) is 3.98. The van der Waals surface area contributed by atoms with Crippen molar-refractivity contribution in [2.24, 2.45) is 5.41 Å². The van der Waals surface area contributed by atoms with Gasteiger partial charge in [-0.3, -0.25) is 9.69 Å². The quantitative estimate of drug-likeness (QED) is 0.766. The maximum Gasteiger partial charge on any atom is 0.313 e. The number of carbonyl (C=O) groups is 1. The highest BCUT2D eigenvalue weighted by Crippen LogP contribution is 2.36. The molecule has 0 bridgehead atoms. The molecule has 1 saturated heterocycles. The van der Waals surface area contributed by atoms with Gasteiger partial charge in [-0.2, -0.15) is 0 Å². The van der Waals surface area contributed by atoms with Crippen molar-refractivity contribution >= 4 is 23.5 Å². The normalized spacial score (nSPS) is 20.4. The third-order valence-electron chi connectivity index (χ3n) is 4.93. The molecule has 2 heterocycles. The van der Waals surface area contributed by atoms with Crippen molar-refractivity contribution < 1.29 is 9.53 Å². The topological polar surface area (TPSA) is 81.3 Å². The van der Waals surface area contributed by atoms with E-state index in [1.54, 1.807) is 12.4 Å². The summed E-state index contributed by atoms with van der Waals surface area (Å²) in [6.07, 6.45) is 5.81. The Morgan fingerprint density at radius 1 is 1.33 bits per heavy atom. The van der Waals surface area contributed by atoms with Gasteiger partial charge in [0, 0.05) is 36.1 Å². The van der Waals surface area contributed by atoms with Crippen LogP contribution in [0.25, 0.3) is 0 Å². The summed E-state index contributed by atoms with van der Waals surface area (Å²) >= 11 is 6.15. The van der Waals surface area contributed by atoms with E-state index in [1.165, 1.54) is 0 Å². The molecular weight excluding hydrogens is 364 g/mol. The second kappa shape index (κ2) is 8.67. The molecule has 144 valence electrons. The first-order chi connectivity index (χ1) is 13.0. The molecular formula is C20H25ClN4O2. The zero-order chi connectivity index (χ0) is 19.3. The average molecular weight is 389 g/mol. The van der Waals surface area contributed by atoms with Gasteiger partial charge in [-0.05, 0) is 50.4 Å². The number of piperidine rings is 1. The Labute approximate surface area is 164 Å². The van der Waals surface area contributed by atoms with Crippen LogP contribution in [-0.2, 0) is 22.5 Å². The molecule has 6 nitrogen and oxygen atoms in total. The summed E-state index contributed by atoms with van der Waals surface area (Å²) in [5.41, 5.74) is 7.02. The zero-order valence-electron chi connectivity index (χ0n) is 15.5. The highest BCUT2D eigenvalue weighted by molar-refractivity contribution is 6.30. The van der Waals surface area contributed by atoms with Crippen LogP contribution in [-0.4, -0.2) is 40.5 Å². The smallest absolute Gasteiger partial charge is 0.313 e. The number of aromatic nitrogens is 2. The summed E-state index contributed by atoms with van der Waals surface area (Å²) in [6, 6.07) is 7.70. The molecule has 1 aliphatic rings. The average Bonchev–Trinajstić information content (AvgIpc) is 2.64. The predicted octanol–water partition coefficient (Wildman–Crippen LogP) is 3.10. The summed E-state index contributed by atoms with van der Waals surface area (Å²) in [7, 11) is 0. The minimum atomic E-state index is -0.576. The zero-order valence-corrected chi connectivity index (χ0v) is 16.3. The number of halogens is 1. The van der Waals surface area contributed by atoms with Gasteiger partial charge in [0.25, 0.3) is 0 Å². The number of hydrogen-bond acceptors (Lipinski definition) is 6. The second-order valence-corrected chi connectivity index (χ2v) is 7.51. The minimum absolute atomic E-state index is 0.136. The van der Waals surface area contributed by atoms with Crippen molar-refractivity contribution in [1.82, 2.24) is 14.9 Å². The van der Waals surface area contributed by atoms with Crippen molar-refractivity contribution in [2.45, 2.75) is 32.7 Å². The number of hydrogen-bond donors (Lipinski definition) is 1. The van der Waals surface area contributed by atoms with Gasteiger partial charge >= 0.3 is 5.97 Å². The molecule has 2 aromatic rings. The van der Waals surface area contributed by atoms with Crippen molar-refractivity contribution in [2.75, 3.05) is 25.4 Å². The molecule has 0 spiro atoms. The Morgan fingerprint density at radius 3 is 2.81 bits per heavy atom. The maximum atomic E-state index is 12.9. The van der Waals surface area contributed by atoms with Crippen LogP contribution in [0.5, 0.6) is 0 Å². The van der Waals surface area contributed by atoms with Crippen LogP contribution in [0.2, 0.25) is 5.02 Å². The minimum Gasteiger partial charge on any atom is -0.466 e. The van der Waals surface area contributed by atoms with E-state index in [4.69, 9.17) is 22.1 Å². The van der Waals surface area contributed by atoms with Gasteiger partial charge in [-0.1, -0.05) is 23.7 Å². The van der Waals surface area contributed by atoms with Crippen LogP contribution in [0.1, 0.15) is 30.9 Å². The summed E-state index contributed by atoms with van der Waals surface area (Å²) in [5.74, 6) is 0.127. The largest absolute Gasteiger partial charge is 0.466 e. The number of ether oxygens (including phenoxy) is 1. The van der Waals surface area contributed by atoms with Gasteiger partial charge in [0.1, 0.15) is 0 Å². The molecule has 1 aliphatic heterocycles. The van der Waals surface area contributed by atoms with Crippen LogP contribution in [0, 0.1) is 5.41 Å². The van der Waals surface area contributed by atoms with Crippen LogP contribution >= 0.6 is 11.6 Å². The number of likely N-dealkylation sites (tertiary alicyclic amines) is 1. The van der Waals surface area contributed by atoms with Crippen LogP contribution < -0.4 is 5.73 Å². The number of rotatable bonds is 6. The van der Waals surface area contributed by atoms with E-state index in [1.807, 2.05) is 31.2 Å². The monoisotopic (exact) mass is 388 g/mol. The molecule has 2 N–H and O–H groups in total. The highest BCUT2D eigenvalue weighted by atomic mass is 35.5. The predicted molar refractivity (Wildman–Crippen MR) is 105 cm³/mol. The number of anilines is 1. The highest BCUT2D eigenvalue weighted by Gasteiger charge is 2.43. The van der Waals surface area contributed by atoms with E-state index < -0.39 is 5.41 Å². The Bertz CT molecular complexity index is 784. The van der Waals surface area contributed by atoms with Gasteiger partial charge in [0.05, 0.1) is 12.0 Å². The van der Waals surface area contributed by atoms with Gasteiger partial charge in [0.2, 0.25) is 5.95 Å². The molecule has 1 aromatic heterocycles. The Hall–Kier alpha value is -2.18. The third kappa shape index (κ3) is 4.96. The maximum absolute atomic E-state index is 12.9. The number of nitrogen functional groups attached to an aromatic ring is 1. The van der Waals surface area contributed by atoms with Crippen LogP contribution in [0.15, 0.2) is 36.7 Å². The second-order valence-electron chi connectivity index (χ2n) is 7.07. The van der Waals surface area contributed by atoms with E-state index in [2.05, 4.69) is 14.9 Å². The molecule has 0 radical (unpaired) electrons. The van der Waals surface area contributed by atoms with Crippen LogP contribution in [0.3, 0.4) is 0 Å². The van der Waals surface area contributed by atoms with Crippen molar-refractivity contribution in [1.29, 1.82) is 0 Å². The SMILES string of the molecule is CCOC(=O)[C@@]1(Cc2cccc(Cl)c2)CCCN(Cc2cnc(N)nc2)C1. The molecule has 1 atom stereocenters. The van der Waals surface area contributed by atoms with Gasteiger partial charge in [-0.25, -0.2) is 9.97 Å². The van der Waals surface area contributed by atoms with Crippen molar-refractivity contribution in [3.63, 3.8) is 0 Å². The van der Waals surface area contributed by atoms with Crippen molar-refractivity contribution in [3.05, 3.63) is 52.8 Å². The van der Waals surface area contributed by atoms with E-state index in [-0.39, 0.29) is 11.9 Å². The van der Waals surface area contributed by atoms with E-state index in [0.717, 1.165) is 30.5 Å². The Kier molecular flexibility index (Phi) is 6.29. The molecule has 7 heteroatoms. The lowest BCUT2D eigenvalue weighted by molar-refractivity contribution is -0.159. The lowest BCUT2D eigenvalue weighted by Crippen LogP contribution is -2.49. The number of carbonyl (C=O) groups excluding carboxylic acids is 1. The number of benzene rings is 1. The van der Waals surface area contributed by atoms with E-state index in [0.29, 0.717) is 31.1 Å². The lowest BCUT2D eigenvalue weighted by atomic mass is 9.75.